The standard InChI is InChI=1S/C14H16ClN/c1-16-10-6-8-12(14(16)9-7-10)11-4-2-3-5-13(11)15/h2-6,8,10,12,14H,7,9H2,1H3. The maximum absolute atomic E-state index is 6.29. The average molecular weight is 234 g/mol. The van der Waals surface area contributed by atoms with Crippen molar-refractivity contribution in [1.82, 2.24) is 4.90 Å². The molecule has 84 valence electrons. The van der Waals surface area contributed by atoms with Crippen LogP contribution in [0.15, 0.2) is 36.4 Å². The molecule has 3 unspecified atom stereocenters. The summed E-state index contributed by atoms with van der Waals surface area (Å²) in [5, 5.41) is 0.899. The molecule has 0 spiro atoms. The van der Waals surface area contributed by atoms with Gasteiger partial charge in [0.05, 0.1) is 0 Å². The van der Waals surface area contributed by atoms with E-state index < -0.39 is 0 Å². The highest BCUT2D eigenvalue weighted by Crippen LogP contribution is 2.40. The molecule has 2 heterocycles. The minimum atomic E-state index is 0.470. The van der Waals surface area contributed by atoms with Gasteiger partial charge in [0, 0.05) is 23.0 Å². The van der Waals surface area contributed by atoms with Crippen LogP contribution in [0.3, 0.4) is 0 Å². The molecular weight excluding hydrogens is 218 g/mol. The van der Waals surface area contributed by atoms with E-state index in [0.29, 0.717) is 18.0 Å². The second-order valence-corrected chi connectivity index (χ2v) is 5.22. The summed E-state index contributed by atoms with van der Waals surface area (Å²) in [5.41, 5.74) is 1.28. The van der Waals surface area contributed by atoms with Crippen molar-refractivity contribution in [2.24, 2.45) is 0 Å². The van der Waals surface area contributed by atoms with Gasteiger partial charge in [0.15, 0.2) is 0 Å². The van der Waals surface area contributed by atoms with Crippen LogP contribution in [0.25, 0.3) is 0 Å². The first-order chi connectivity index (χ1) is 7.77. The van der Waals surface area contributed by atoms with Gasteiger partial charge in [0.2, 0.25) is 0 Å². The highest BCUT2D eigenvalue weighted by atomic mass is 35.5. The molecule has 0 amide bonds. The average Bonchev–Trinajstić information content (AvgIpc) is 2.52. The summed E-state index contributed by atoms with van der Waals surface area (Å²) in [6, 6.07) is 9.52. The van der Waals surface area contributed by atoms with Crippen LogP contribution in [-0.2, 0) is 0 Å². The van der Waals surface area contributed by atoms with Gasteiger partial charge in [0.1, 0.15) is 0 Å². The highest BCUT2D eigenvalue weighted by Gasteiger charge is 2.37. The number of rotatable bonds is 1. The van der Waals surface area contributed by atoms with E-state index in [1.54, 1.807) is 0 Å². The lowest BCUT2D eigenvalue weighted by Crippen LogP contribution is -2.37. The molecular formula is C14H16ClN. The van der Waals surface area contributed by atoms with Gasteiger partial charge in [-0.3, -0.25) is 4.90 Å². The van der Waals surface area contributed by atoms with Gasteiger partial charge in [-0.15, -0.1) is 0 Å². The summed E-state index contributed by atoms with van der Waals surface area (Å²) in [5.74, 6) is 0.470. The summed E-state index contributed by atoms with van der Waals surface area (Å²) in [4.78, 5) is 2.49. The molecule has 2 bridgehead atoms. The topological polar surface area (TPSA) is 3.24 Å². The number of benzene rings is 1. The Labute approximate surface area is 102 Å². The molecule has 2 heteroatoms. The second-order valence-electron chi connectivity index (χ2n) is 4.81. The van der Waals surface area contributed by atoms with Gasteiger partial charge in [-0.1, -0.05) is 42.0 Å². The number of halogens is 1. The first-order valence-corrected chi connectivity index (χ1v) is 6.30. The van der Waals surface area contributed by atoms with Gasteiger partial charge in [-0.05, 0) is 31.5 Å². The SMILES string of the molecule is CN1C2C=CC(c3ccccc3Cl)C1CC2. The first-order valence-electron chi connectivity index (χ1n) is 5.92. The van der Waals surface area contributed by atoms with E-state index in [0.717, 1.165) is 5.02 Å². The van der Waals surface area contributed by atoms with Gasteiger partial charge >= 0.3 is 0 Å². The summed E-state index contributed by atoms with van der Waals surface area (Å²) in [6.07, 6.45) is 7.27. The fourth-order valence-corrected chi connectivity index (χ4v) is 3.35. The van der Waals surface area contributed by atoms with Crippen molar-refractivity contribution in [2.45, 2.75) is 30.8 Å². The van der Waals surface area contributed by atoms with Gasteiger partial charge < -0.3 is 0 Å². The predicted octanol–water partition coefficient (Wildman–Crippen LogP) is 3.46. The van der Waals surface area contributed by atoms with Crippen molar-refractivity contribution >= 4 is 11.6 Å². The molecule has 0 aromatic heterocycles. The van der Waals surface area contributed by atoms with Crippen LogP contribution in [0.2, 0.25) is 5.02 Å². The largest absolute Gasteiger partial charge is 0.296 e. The molecule has 2 aliphatic heterocycles. The predicted molar refractivity (Wildman–Crippen MR) is 67.9 cm³/mol. The molecule has 1 saturated heterocycles. The van der Waals surface area contributed by atoms with Crippen LogP contribution in [0.5, 0.6) is 0 Å². The number of hydrogen-bond donors (Lipinski definition) is 0. The molecule has 3 rings (SSSR count). The smallest absolute Gasteiger partial charge is 0.0444 e. The number of hydrogen-bond acceptors (Lipinski definition) is 1. The lowest BCUT2D eigenvalue weighted by molar-refractivity contribution is 0.241. The van der Waals surface area contributed by atoms with E-state index in [1.807, 2.05) is 12.1 Å². The Morgan fingerprint density at radius 1 is 1.19 bits per heavy atom. The molecule has 0 aliphatic carbocycles. The molecule has 1 nitrogen and oxygen atoms in total. The fourth-order valence-electron chi connectivity index (χ4n) is 3.09. The molecule has 16 heavy (non-hydrogen) atoms. The van der Waals surface area contributed by atoms with Crippen LogP contribution in [0.1, 0.15) is 24.3 Å². The number of nitrogens with zero attached hydrogens (tertiary/aromatic N) is 1. The van der Waals surface area contributed by atoms with E-state index in [9.17, 15) is 0 Å². The maximum Gasteiger partial charge on any atom is 0.0444 e. The Kier molecular flexibility index (Phi) is 2.53. The second kappa shape index (κ2) is 3.90. The Morgan fingerprint density at radius 3 is 2.81 bits per heavy atom. The van der Waals surface area contributed by atoms with E-state index in [-0.39, 0.29) is 0 Å². The molecule has 0 radical (unpaired) electrons. The van der Waals surface area contributed by atoms with Crippen LogP contribution < -0.4 is 0 Å². The van der Waals surface area contributed by atoms with Gasteiger partial charge in [-0.25, -0.2) is 0 Å². The van der Waals surface area contributed by atoms with Crippen LogP contribution in [-0.4, -0.2) is 24.0 Å². The zero-order valence-electron chi connectivity index (χ0n) is 9.44. The Hall–Kier alpha value is -0.790. The van der Waals surface area contributed by atoms with E-state index in [4.69, 9.17) is 11.6 Å². The Bertz CT molecular complexity index is 426. The molecule has 0 saturated carbocycles. The minimum absolute atomic E-state index is 0.470. The quantitative estimate of drug-likeness (QED) is 0.672. The Morgan fingerprint density at radius 2 is 2.00 bits per heavy atom. The van der Waals surface area contributed by atoms with Crippen molar-refractivity contribution in [2.75, 3.05) is 7.05 Å². The number of likely N-dealkylation sites (N-methyl/N-ethyl adjacent to an activating group) is 1. The van der Waals surface area contributed by atoms with Crippen molar-refractivity contribution in [3.63, 3.8) is 0 Å². The molecule has 1 aromatic carbocycles. The van der Waals surface area contributed by atoms with E-state index in [1.165, 1.54) is 18.4 Å². The minimum Gasteiger partial charge on any atom is -0.296 e. The molecule has 1 fully saturated rings. The summed E-state index contributed by atoms with van der Waals surface area (Å²) in [6.45, 7) is 0. The molecule has 3 atom stereocenters. The molecule has 1 aromatic rings. The lowest BCUT2D eigenvalue weighted by atomic mass is 9.89. The van der Waals surface area contributed by atoms with Crippen LogP contribution >= 0.6 is 11.6 Å². The first kappa shape index (κ1) is 10.4. The maximum atomic E-state index is 6.29. The molecule has 0 N–H and O–H groups in total. The highest BCUT2D eigenvalue weighted by molar-refractivity contribution is 6.31. The molecule has 2 aliphatic rings. The van der Waals surface area contributed by atoms with Crippen molar-refractivity contribution in [3.05, 3.63) is 47.0 Å². The van der Waals surface area contributed by atoms with Crippen molar-refractivity contribution in [3.8, 4) is 0 Å². The van der Waals surface area contributed by atoms with Crippen LogP contribution in [0, 0.1) is 0 Å². The summed E-state index contributed by atoms with van der Waals surface area (Å²) >= 11 is 6.29. The monoisotopic (exact) mass is 233 g/mol. The van der Waals surface area contributed by atoms with Crippen LogP contribution in [0.4, 0.5) is 0 Å². The normalized spacial score (nSPS) is 33.2. The number of fused-ring (bicyclic) bond motifs is 2. The lowest BCUT2D eigenvalue weighted by Gasteiger charge is -2.34. The van der Waals surface area contributed by atoms with E-state index in [2.05, 4.69) is 36.2 Å². The zero-order valence-corrected chi connectivity index (χ0v) is 10.2. The van der Waals surface area contributed by atoms with Gasteiger partial charge in [0.25, 0.3) is 0 Å². The third kappa shape index (κ3) is 1.50. The van der Waals surface area contributed by atoms with Gasteiger partial charge in [-0.2, -0.15) is 0 Å². The van der Waals surface area contributed by atoms with Crippen molar-refractivity contribution in [1.29, 1.82) is 0 Å². The van der Waals surface area contributed by atoms with E-state index >= 15 is 0 Å². The van der Waals surface area contributed by atoms with Crippen molar-refractivity contribution < 1.29 is 0 Å². The summed E-state index contributed by atoms with van der Waals surface area (Å²) in [7, 11) is 2.23. The third-order valence-corrected chi connectivity index (χ3v) is 4.37. The zero-order chi connectivity index (χ0) is 11.1. The Balaban J connectivity index is 2.00. The fraction of sp³-hybridized carbons (Fsp3) is 0.429. The third-order valence-electron chi connectivity index (χ3n) is 4.02. The summed E-state index contributed by atoms with van der Waals surface area (Å²) < 4.78 is 0.